The van der Waals surface area contributed by atoms with Gasteiger partial charge in [-0.1, -0.05) is 40.2 Å². The third kappa shape index (κ3) is 4.31. The molecule has 0 fully saturated rings. The summed E-state index contributed by atoms with van der Waals surface area (Å²) in [6.07, 6.45) is 3.93. The second kappa shape index (κ2) is 8.54. The summed E-state index contributed by atoms with van der Waals surface area (Å²) >= 11 is 3.44. The number of alkyl halides is 1. The van der Waals surface area contributed by atoms with Crippen LogP contribution in [0.1, 0.15) is 22.3 Å². The van der Waals surface area contributed by atoms with E-state index in [1.54, 1.807) is 0 Å². The van der Waals surface area contributed by atoms with Crippen molar-refractivity contribution < 1.29 is 14.6 Å². The lowest BCUT2D eigenvalue weighted by Gasteiger charge is -2.01. The highest BCUT2D eigenvalue weighted by Gasteiger charge is 2.12. The molecular formula is C20H23BrO3. The molecule has 0 bridgehead atoms. The van der Waals surface area contributed by atoms with Crippen LogP contribution in [0.2, 0.25) is 0 Å². The monoisotopic (exact) mass is 390 g/mol. The van der Waals surface area contributed by atoms with Gasteiger partial charge >= 0.3 is 0 Å². The second-order valence-electron chi connectivity index (χ2n) is 5.99. The van der Waals surface area contributed by atoms with Gasteiger partial charge in [-0.25, -0.2) is 0 Å². The largest absolute Gasteiger partial charge is 0.493 e. The third-order valence-electron chi connectivity index (χ3n) is 4.29. The van der Waals surface area contributed by atoms with E-state index in [0.29, 0.717) is 0 Å². The topological polar surface area (TPSA) is 38.7 Å². The summed E-state index contributed by atoms with van der Waals surface area (Å²) in [5.41, 5.74) is 5.24. The molecule has 0 saturated carbocycles. The molecule has 2 aromatic rings. The lowest BCUT2D eigenvalue weighted by molar-refractivity contribution is 0.299. The zero-order chi connectivity index (χ0) is 16.8. The Balaban J connectivity index is 0.000000141. The molecule has 128 valence electrons. The number of rotatable bonds is 4. The molecule has 2 aromatic carbocycles. The maximum absolute atomic E-state index is 8.74. The molecule has 0 atom stereocenters. The fourth-order valence-electron chi connectivity index (χ4n) is 3.03. The van der Waals surface area contributed by atoms with Crippen molar-refractivity contribution in [3.8, 4) is 11.5 Å². The minimum atomic E-state index is 0.222. The van der Waals surface area contributed by atoms with Crippen LogP contribution in [0.3, 0.4) is 0 Å². The Labute approximate surface area is 151 Å². The Morgan fingerprint density at radius 2 is 1.38 bits per heavy atom. The molecule has 24 heavy (non-hydrogen) atoms. The van der Waals surface area contributed by atoms with Crippen molar-refractivity contribution in [2.75, 3.05) is 25.2 Å². The molecule has 0 radical (unpaired) electrons. The maximum Gasteiger partial charge on any atom is 0.122 e. The second-order valence-corrected chi connectivity index (χ2v) is 6.79. The van der Waals surface area contributed by atoms with E-state index in [9.17, 15) is 0 Å². The SMILES string of the molecule is BrCCc1ccc2c(c1)CCO2.OCCc1ccc2c(c1)CCO2. The number of fused-ring (bicyclic) bond motifs is 2. The van der Waals surface area contributed by atoms with Crippen molar-refractivity contribution in [3.63, 3.8) is 0 Å². The van der Waals surface area contributed by atoms with E-state index < -0.39 is 0 Å². The average molecular weight is 391 g/mol. The minimum absolute atomic E-state index is 0.222. The number of halogens is 1. The van der Waals surface area contributed by atoms with Crippen molar-refractivity contribution >= 4 is 15.9 Å². The molecule has 0 aromatic heterocycles. The quantitative estimate of drug-likeness (QED) is 0.808. The maximum atomic E-state index is 8.74. The Morgan fingerprint density at radius 1 is 0.833 bits per heavy atom. The molecule has 0 amide bonds. The van der Waals surface area contributed by atoms with Gasteiger partial charge in [0.15, 0.2) is 0 Å². The van der Waals surface area contributed by atoms with Gasteiger partial charge in [-0.3, -0.25) is 0 Å². The Kier molecular flexibility index (Phi) is 6.16. The van der Waals surface area contributed by atoms with E-state index in [0.717, 1.165) is 55.7 Å². The molecule has 0 unspecified atom stereocenters. The molecule has 2 heterocycles. The average Bonchev–Trinajstić information content (AvgIpc) is 3.24. The van der Waals surface area contributed by atoms with E-state index >= 15 is 0 Å². The molecule has 4 rings (SSSR count). The molecule has 1 N–H and O–H groups in total. The molecule has 2 aliphatic heterocycles. The van der Waals surface area contributed by atoms with E-state index in [1.807, 2.05) is 12.1 Å². The minimum Gasteiger partial charge on any atom is -0.493 e. The zero-order valence-corrected chi connectivity index (χ0v) is 15.3. The fraction of sp³-hybridized carbons (Fsp3) is 0.400. The standard InChI is InChI=1S/C10H11BrO.C10H12O2/c2*11-5-3-8-1-2-10-9(7-8)4-6-12-10/h1-2,7H,3-6H2;1-2,7,11H,3-6H2. The first-order valence-electron chi connectivity index (χ1n) is 8.46. The first-order chi connectivity index (χ1) is 11.8. The molecule has 4 heteroatoms. The smallest absolute Gasteiger partial charge is 0.122 e. The summed E-state index contributed by atoms with van der Waals surface area (Å²) in [5, 5.41) is 9.77. The highest BCUT2D eigenvalue weighted by atomic mass is 79.9. The van der Waals surface area contributed by atoms with Crippen LogP contribution in [-0.2, 0) is 25.7 Å². The van der Waals surface area contributed by atoms with Crippen LogP contribution in [0, 0.1) is 0 Å². The number of aliphatic hydroxyl groups excluding tert-OH is 1. The zero-order valence-electron chi connectivity index (χ0n) is 13.8. The number of hydrogen-bond acceptors (Lipinski definition) is 3. The lowest BCUT2D eigenvalue weighted by atomic mass is 10.1. The van der Waals surface area contributed by atoms with Gasteiger partial charge < -0.3 is 14.6 Å². The van der Waals surface area contributed by atoms with E-state index in [-0.39, 0.29) is 6.61 Å². The van der Waals surface area contributed by atoms with Crippen molar-refractivity contribution in [1.82, 2.24) is 0 Å². The highest BCUT2D eigenvalue weighted by molar-refractivity contribution is 9.09. The van der Waals surface area contributed by atoms with Crippen LogP contribution in [0.15, 0.2) is 36.4 Å². The van der Waals surface area contributed by atoms with Crippen molar-refractivity contribution in [2.45, 2.75) is 25.7 Å². The first kappa shape index (κ1) is 17.3. The predicted octanol–water partition coefficient (Wildman–Crippen LogP) is 3.72. The van der Waals surface area contributed by atoms with Gasteiger partial charge in [-0.2, -0.15) is 0 Å². The summed E-state index contributed by atoms with van der Waals surface area (Å²) in [7, 11) is 0. The number of aryl methyl sites for hydroxylation is 1. The Morgan fingerprint density at radius 3 is 1.88 bits per heavy atom. The highest BCUT2D eigenvalue weighted by Crippen LogP contribution is 2.26. The van der Waals surface area contributed by atoms with Crippen molar-refractivity contribution in [1.29, 1.82) is 0 Å². The molecular weight excluding hydrogens is 368 g/mol. The summed E-state index contributed by atoms with van der Waals surface area (Å²) in [6.45, 7) is 1.88. The Bertz CT molecular complexity index is 625. The summed E-state index contributed by atoms with van der Waals surface area (Å²) in [5.74, 6) is 2.09. The van der Waals surface area contributed by atoms with Gasteiger partial charge in [-0.15, -0.1) is 0 Å². The molecule has 0 aliphatic carbocycles. The van der Waals surface area contributed by atoms with Gasteiger partial charge in [0.05, 0.1) is 13.2 Å². The lowest BCUT2D eigenvalue weighted by Crippen LogP contribution is -1.90. The normalized spacial score (nSPS) is 14.1. The van der Waals surface area contributed by atoms with Gasteiger partial charge in [0.2, 0.25) is 0 Å². The number of benzene rings is 2. The fourth-order valence-corrected chi connectivity index (χ4v) is 3.49. The van der Waals surface area contributed by atoms with E-state index in [1.165, 1.54) is 22.3 Å². The van der Waals surface area contributed by atoms with Crippen molar-refractivity contribution in [2.24, 2.45) is 0 Å². The van der Waals surface area contributed by atoms with Crippen LogP contribution < -0.4 is 9.47 Å². The molecule has 3 nitrogen and oxygen atoms in total. The van der Waals surface area contributed by atoms with Gasteiger partial charge in [0.1, 0.15) is 11.5 Å². The molecule has 2 aliphatic rings. The van der Waals surface area contributed by atoms with Crippen LogP contribution in [-0.4, -0.2) is 30.3 Å². The Hall–Kier alpha value is -1.52. The third-order valence-corrected chi connectivity index (χ3v) is 4.69. The van der Waals surface area contributed by atoms with Gasteiger partial charge in [0.25, 0.3) is 0 Å². The van der Waals surface area contributed by atoms with Crippen molar-refractivity contribution in [3.05, 3.63) is 58.7 Å². The predicted molar refractivity (Wildman–Crippen MR) is 99.6 cm³/mol. The van der Waals surface area contributed by atoms with Gasteiger partial charge in [0, 0.05) is 24.8 Å². The van der Waals surface area contributed by atoms with Gasteiger partial charge in [-0.05, 0) is 47.2 Å². The summed E-state index contributed by atoms with van der Waals surface area (Å²) in [4.78, 5) is 0. The summed E-state index contributed by atoms with van der Waals surface area (Å²) in [6, 6.07) is 12.6. The van der Waals surface area contributed by atoms with Crippen LogP contribution >= 0.6 is 15.9 Å². The summed E-state index contributed by atoms with van der Waals surface area (Å²) < 4.78 is 10.8. The molecule has 0 spiro atoms. The van der Waals surface area contributed by atoms with E-state index in [4.69, 9.17) is 14.6 Å². The number of hydrogen-bond donors (Lipinski definition) is 1. The van der Waals surface area contributed by atoms with Crippen LogP contribution in [0.25, 0.3) is 0 Å². The number of aliphatic hydroxyl groups is 1. The van der Waals surface area contributed by atoms with Crippen LogP contribution in [0.5, 0.6) is 11.5 Å². The van der Waals surface area contributed by atoms with E-state index in [2.05, 4.69) is 40.2 Å². The number of ether oxygens (including phenoxy) is 2. The van der Waals surface area contributed by atoms with Crippen LogP contribution in [0.4, 0.5) is 0 Å². The first-order valence-corrected chi connectivity index (χ1v) is 9.58. The molecule has 0 saturated heterocycles.